The molecule has 0 aromatic heterocycles. The monoisotopic (exact) mass is 295 g/mol. The lowest BCUT2D eigenvalue weighted by Gasteiger charge is -2.27. The van der Waals surface area contributed by atoms with E-state index >= 15 is 0 Å². The van der Waals surface area contributed by atoms with E-state index in [0.29, 0.717) is 6.61 Å². The van der Waals surface area contributed by atoms with Crippen LogP contribution in [0.4, 0.5) is 0 Å². The molecule has 0 aliphatic heterocycles. The number of carbonyl (C=O) groups is 1. The zero-order valence-corrected chi connectivity index (χ0v) is 13.7. The van der Waals surface area contributed by atoms with Crippen molar-refractivity contribution in [3.05, 3.63) is 29.8 Å². The number of ether oxygens (including phenoxy) is 1. The number of carbonyl (C=O) groups excluding carboxylic acids is 1. The number of aryl methyl sites for hydroxylation is 1. The van der Waals surface area contributed by atoms with Crippen molar-refractivity contribution in [2.45, 2.75) is 44.6 Å². The minimum Gasteiger partial charge on any atom is -0.465 e. The first kappa shape index (κ1) is 17.1. The fraction of sp³-hybridized carbons (Fsp3) is 0.562. The van der Waals surface area contributed by atoms with E-state index < -0.39 is 5.54 Å². The Hall–Kier alpha value is -1.00. The minimum atomic E-state index is -0.595. The number of likely N-dealkylation sites (N-methyl/N-ethyl adjacent to an activating group) is 1. The topological polar surface area (TPSA) is 38.3 Å². The summed E-state index contributed by atoms with van der Waals surface area (Å²) in [5.74, 6) is 0.720. The SMILES string of the molecule is CCNC(C)(CCSc1ccc(C)cc1)C(=O)OCC. The van der Waals surface area contributed by atoms with E-state index in [1.54, 1.807) is 11.8 Å². The molecule has 4 heteroatoms. The van der Waals surface area contributed by atoms with Crippen LogP contribution < -0.4 is 5.32 Å². The lowest BCUT2D eigenvalue weighted by molar-refractivity contribution is -0.150. The normalized spacial score (nSPS) is 13.8. The molecule has 0 fully saturated rings. The molecule has 1 unspecified atom stereocenters. The predicted octanol–water partition coefficient (Wildman–Crippen LogP) is 3.41. The number of nitrogens with one attached hydrogen (secondary N) is 1. The maximum atomic E-state index is 12.0. The van der Waals surface area contributed by atoms with Gasteiger partial charge in [0.25, 0.3) is 0 Å². The second-order valence-corrected chi connectivity index (χ2v) is 6.16. The van der Waals surface area contributed by atoms with Gasteiger partial charge in [0.05, 0.1) is 6.61 Å². The minimum absolute atomic E-state index is 0.161. The Morgan fingerprint density at radius 1 is 1.30 bits per heavy atom. The standard InChI is InChI=1S/C16H25NO2S/c1-5-17-16(4,15(18)19-6-2)11-12-20-14-9-7-13(3)8-10-14/h7-10,17H,5-6,11-12H2,1-4H3. The van der Waals surface area contributed by atoms with E-state index in [0.717, 1.165) is 18.7 Å². The van der Waals surface area contributed by atoms with Crippen molar-refractivity contribution in [1.29, 1.82) is 0 Å². The first-order valence-electron chi connectivity index (χ1n) is 7.13. The molecule has 0 aliphatic rings. The summed E-state index contributed by atoms with van der Waals surface area (Å²) in [5.41, 5.74) is 0.668. The van der Waals surface area contributed by atoms with Crippen LogP contribution in [0.3, 0.4) is 0 Å². The summed E-state index contributed by atoms with van der Waals surface area (Å²) in [6.45, 7) is 9.02. The molecule has 20 heavy (non-hydrogen) atoms. The molecule has 112 valence electrons. The molecule has 1 aromatic rings. The van der Waals surface area contributed by atoms with Crippen LogP contribution in [-0.2, 0) is 9.53 Å². The highest BCUT2D eigenvalue weighted by Crippen LogP contribution is 2.23. The van der Waals surface area contributed by atoms with Gasteiger partial charge in [0.15, 0.2) is 0 Å². The van der Waals surface area contributed by atoms with Crippen LogP contribution in [0, 0.1) is 6.92 Å². The van der Waals surface area contributed by atoms with Crippen LogP contribution in [-0.4, -0.2) is 30.4 Å². The van der Waals surface area contributed by atoms with Gasteiger partial charge in [-0.3, -0.25) is 4.79 Å². The third-order valence-corrected chi connectivity index (χ3v) is 4.20. The number of hydrogen-bond acceptors (Lipinski definition) is 4. The summed E-state index contributed by atoms with van der Waals surface area (Å²) in [6.07, 6.45) is 0.748. The van der Waals surface area contributed by atoms with E-state index in [9.17, 15) is 4.79 Å². The Bertz CT molecular complexity index is 419. The van der Waals surface area contributed by atoms with Gasteiger partial charge < -0.3 is 10.1 Å². The molecule has 3 nitrogen and oxygen atoms in total. The average molecular weight is 295 g/mol. The molecular weight excluding hydrogens is 270 g/mol. The maximum absolute atomic E-state index is 12.0. The van der Waals surface area contributed by atoms with Gasteiger partial charge in [-0.2, -0.15) is 0 Å². The first-order valence-corrected chi connectivity index (χ1v) is 8.12. The van der Waals surface area contributed by atoms with E-state index in [-0.39, 0.29) is 5.97 Å². The molecule has 1 atom stereocenters. The molecule has 0 saturated carbocycles. The van der Waals surface area contributed by atoms with Crippen molar-refractivity contribution in [2.75, 3.05) is 18.9 Å². The van der Waals surface area contributed by atoms with E-state index in [1.165, 1.54) is 10.5 Å². The van der Waals surface area contributed by atoms with Crippen molar-refractivity contribution in [2.24, 2.45) is 0 Å². The zero-order chi connectivity index (χ0) is 15.0. The van der Waals surface area contributed by atoms with Crippen LogP contribution in [0.2, 0.25) is 0 Å². The van der Waals surface area contributed by atoms with Crippen molar-refractivity contribution in [3.63, 3.8) is 0 Å². The molecule has 0 bridgehead atoms. The third kappa shape index (κ3) is 5.17. The molecule has 0 radical (unpaired) electrons. The van der Waals surface area contributed by atoms with Gasteiger partial charge in [-0.05, 0) is 45.9 Å². The molecule has 1 rings (SSSR count). The third-order valence-electron chi connectivity index (χ3n) is 3.18. The smallest absolute Gasteiger partial charge is 0.326 e. The summed E-state index contributed by atoms with van der Waals surface area (Å²) in [4.78, 5) is 13.3. The molecular formula is C16H25NO2S. The van der Waals surface area contributed by atoms with Gasteiger partial charge in [-0.15, -0.1) is 11.8 Å². The summed E-state index contributed by atoms with van der Waals surface area (Å²) in [7, 11) is 0. The largest absolute Gasteiger partial charge is 0.465 e. The molecule has 0 amide bonds. The average Bonchev–Trinajstić information content (AvgIpc) is 2.41. The fourth-order valence-electron chi connectivity index (χ4n) is 1.95. The van der Waals surface area contributed by atoms with Crippen LogP contribution in [0.15, 0.2) is 29.2 Å². The number of benzene rings is 1. The number of hydrogen-bond donors (Lipinski definition) is 1. The molecule has 1 aromatic carbocycles. The number of rotatable bonds is 8. The highest BCUT2D eigenvalue weighted by Gasteiger charge is 2.33. The Morgan fingerprint density at radius 3 is 2.50 bits per heavy atom. The molecule has 0 heterocycles. The van der Waals surface area contributed by atoms with Crippen LogP contribution in [0.1, 0.15) is 32.8 Å². The van der Waals surface area contributed by atoms with Gasteiger partial charge in [0.2, 0.25) is 0 Å². The molecule has 0 spiro atoms. The quantitative estimate of drug-likeness (QED) is 0.589. The van der Waals surface area contributed by atoms with Gasteiger partial charge in [-0.1, -0.05) is 24.6 Å². The molecule has 0 aliphatic carbocycles. The Labute approximate surface area is 126 Å². The second kappa shape index (κ2) is 8.32. The zero-order valence-electron chi connectivity index (χ0n) is 12.9. The summed E-state index contributed by atoms with van der Waals surface area (Å²) < 4.78 is 5.17. The first-order chi connectivity index (χ1) is 9.51. The summed E-state index contributed by atoms with van der Waals surface area (Å²) in [6, 6.07) is 8.46. The van der Waals surface area contributed by atoms with Gasteiger partial charge in [-0.25, -0.2) is 0 Å². The van der Waals surface area contributed by atoms with E-state index in [1.807, 2.05) is 20.8 Å². The highest BCUT2D eigenvalue weighted by molar-refractivity contribution is 7.99. The van der Waals surface area contributed by atoms with Crippen molar-refractivity contribution in [1.82, 2.24) is 5.32 Å². The lowest BCUT2D eigenvalue weighted by atomic mass is 9.99. The van der Waals surface area contributed by atoms with Crippen molar-refractivity contribution in [3.8, 4) is 0 Å². The van der Waals surface area contributed by atoms with Gasteiger partial charge in [0.1, 0.15) is 5.54 Å². The number of esters is 1. The molecule has 0 saturated heterocycles. The fourth-order valence-corrected chi connectivity index (χ4v) is 3.03. The Balaban J connectivity index is 2.54. The lowest BCUT2D eigenvalue weighted by Crippen LogP contribution is -2.50. The predicted molar refractivity (Wildman–Crippen MR) is 85.2 cm³/mol. The Kier molecular flexibility index (Phi) is 7.10. The van der Waals surface area contributed by atoms with Crippen LogP contribution >= 0.6 is 11.8 Å². The summed E-state index contributed by atoms with van der Waals surface area (Å²) >= 11 is 1.77. The van der Waals surface area contributed by atoms with Gasteiger partial charge in [0, 0.05) is 10.6 Å². The second-order valence-electron chi connectivity index (χ2n) is 4.99. The van der Waals surface area contributed by atoms with Crippen molar-refractivity contribution >= 4 is 17.7 Å². The van der Waals surface area contributed by atoms with Crippen LogP contribution in [0.25, 0.3) is 0 Å². The van der Waals surface area contributed by atoms with Gasteiger partial charge >= 0.3 is 5.97 Å². The maximum Gasteiger partial charge on any atom is 0.326 e. The molecule has 1 N–H and O–H groups in total. The highest BCUT2D eigenvalue weighted by atomic mass is 32.2. The summed E-state index contributed by atoms with van der Waals surface area (Å²) in [5, 5.41) is 3.25. The Morgan fingerprint density at radius 2 is 1.95 bits per heavy atom. The van der Waals surface area contributed by atoms with Crippen molar-refractivity contribution < 1.29 is 9.53 Å². The van der Waals surface area contributed by atoms with E-state index in [2.05, 4.69) is 36.5 Å². The van der Waals surface area contributed by atoms with E-state index in [4.69, 9.17) is 4.74 Å². The van der Waals surface area contributed by atoms with Crippen LogP contribution in [0.5, 0.6) is 0 Å². The number of thioether (sulfide) groups is 1.